The highest BCUT2D eigenvalue weighted by atomic mass is 35.5. The van der Waals surface area contributed by atoms with E-state index in [1.165, 1.54) is 47.0 Å². The molecule has 39 heavy (non-hydrogen) atoms. The summed E-state index contributed by atoms with van der Waals surface area (Å²) in [5.74, 6) is 1.11. The van der Waals surface area contributed by atoms with E-state index in [0.29, 0.717) is 17.0 Å². The predicted molar refractivity (Wildman–Crippen MR) is 168 cm³/mol. The van der Waals surface area contributed by atoms with Gasteiger partial charge in [0, 0.05) is 23.9 Å². The van der Waals surface area contributed by atoms with Gasteiger partial charge in [-0.1, -0.05) is 88.0 Å². The molecule has 3 aromatic carbocycles. The Balaban J connectivity index is 0.000000226. The first-order chi connectivity index (χ1) is 17.9. The van der Waals surface area contributed by atoms with Crippen LogP contribution in [0.1, 0.15) is 81.3 Å². The maximum atomic E-state index is 6.23. The molecule has 5 atom stereocenters. The van der Waals surface area contributed by atoms with Crippen LogP contribution in [0.3, 0.4) is 0 Å². The molecular weight excluding hydrogens is 500 g/mol. The second-order valence-electron chi connectivity index (χ2n) is 11.2. The quantitative estimate of drug-likeness (QED) is 0.233. The van der Waals surface area contributed by atoms with Gasteiger partial charge in [0.1, 0.15) is 11.8 Å². The minimum Gasteiger partial charge on any atom is -0.495 e. The Hall–Kier alpha value is -2.33. The third-order valence-corrected chi connectivity index (χ3v) is 9.83. The number of hydrogen-bond donors (Lipinski definition) is 0. The minimum atomic E-state index is 0. The first-order valence-electron chi connectivity index (χ1n) is 14.0. The van der Waals surface area contributed by atoms with Crippen LogP contribution in [0.15, 0.2) is 66.7 Å². The number of halogens is 1. The summed E-state index contributed by atoms with van der Waals surface area (Å²) in [7, 11) is 6.31. The monoisotopic (exact) mass is 549 g/mol. The Bertz CT molecular complexity index is 1240. The lowest BCUT2D eigenvalue weighted by atomic mass is 9.75. The zero-order valence-electron chi connectivity index (χ0n) is 23.1. The van der Waals surface area contributed by atoms with Crippen molar-refractivity contribution in [1.82, 2.24) is 4.90 Å². The number of nitrogens with zero attached hydrogens (tertiary/aromatic N) is 2. The molecule has 0 aromatic heterocycles. The molecule has 1 aliphatic heterocycles. The van der Waals surface area contributed by atoms with Gasteiger partial charge in [0.05, 0.1) is 25.7 Å². The van der Waals surface area contributed by atoms with Crippen molar-refractivity contribution in [3.63, 3.8) is 0 Å². The van der Waals surface area contributed by atoms with Gasteiger partial charge in [-0.05, 0) is 74.2 Å². The number of benzene rings is 3. The molecule has 1 heterocycles. The number of methoxy groups -OCH3 is 1. The van der Waals surface area contributed by atoms with Crippen molar-refractivity contribution in [1.29, 1.82) is 0 Å². The van der Waals surface area contributed by atoms with Crippen molar-refractivity contribution in [3.8, 4) is 5.75 Å². The number of ether oxygens (including phenoxy) is 1. The minimum absolute atomic E-state index is 0. The average Bonchev–Trinajstić information content (AvgIpc) is 3.58. The van der Waals surface area contributed by atoms with Crippen LogP contribution in [-0.4, -0.2) is 55.8 Å². The normalized spacial score (nSPS) is 25.9. The van der Waals surface area contributed by atoms with Crippen molar-refractivity contribution in [2.45, 2.75) is 78.4 Å². The van der Waals surface area contributed by atoms with E-state index in [4.69, 9.17) is 16.3 Å². The molecule has 2 aliphatic carbocycles. The molecular formula is C35H50ClN2O+. The largest absolute Gasteiger partial charge is 0.495 e. The Kier molecular flexibility index (Phi) is 10.3. The highest BCUT2D eigenvalue weighted by Crippen LogP contribution is 2.55. The molecule has 6 rings (SSSR count). The van der Waals surface area contributed by atoms with Crippen LogP contribution in [0.2, 0.25) is 5.02 Å². The van der Waals surface area contributed by atoms with E-state index in [2.05, 4.69) is 93.5 Å². The smallest absolute Gasteiger partial charge is 0.168 e. The summed E-state index contributed by atoms with van der Waals surface area (Å²) in [5, 5.41) is 0.667. The molecule has 3 nitrogen and oxygen atoms in total. The second-order valence-corrected chi connectivity index (χ2v) is 11.6. The zero-order valence-corrected chi connectivity index (χ0v) is 23.8. The topological polar surface area (TPSA) is 12.5 Å². The van der Waals surface area contributed by atoms with E-state index in [1.807, 2.05) is 6.07 Å². The molecule has 5 unspecified atom stereocenters. The average molecular weight is 550 g/mol. The highest BCUT2D eigenvalue weighted by Gasteiger charge is 2.64. The zero-order chi connectivity index (χ0) is 26.2. The molecule has 0 bridgehead atoms. The van der Waals surface area contributed by atoms with Crippen LogP contribution in [-0.2, 0) is 12.8 Å². The standard InChI is InChI=1S/C20H24ClNO.C13H18N.2CH4/c1-4-22(2)18-12-10-14-7-5-6-8-16(14)20(18)15-9-11-17(21)19(13-15)23-3;1-3-14(2)12-9-8-10-6-4-5-7-11(10)13(12)14;;/h5-9,11,13,18,20H,4,10,12H2,1-3H3;4-7,12-13H,3,8-9H2,1-2H3;2*1H4/q;+1;;. The fraction of sp³-hybridized carbons (Fsp3) is 0.486. The third kappa shape index (κ3) is 5.78. The molecule has 3 aliphatic rings. The summed E-state index contributed by atoms with van der Waals surface area (Å²) < 4.78 is 6.73. The Morgan fingerprint density at radius 3 is 2.15 bits per heavy atom. The van der Waals surface area contributed by atoms with Crippen LogP contribution in [0, 0.1) is 0 Å². The summed E-state index contributed by atoms with van der Waals surface area (Å²) in [6.07, 6.45) is 5.01. The maximum Gasteiger partial charge on any atom is 0.168 e. The van der Waals surface area contributed by atoms with Gasteiger partial charge in [0.2, 0.25) is 0 Å². The Morgan fingerprint density at radius 1 is 0.897 bits per heavy atom. The van der Waals surface area contributed by atoms with E-state index < -0.39 is 0 Å². The van der Waals surface area contributed by atoms with Gasteiger partial charge in [0.15, 0.2) is 6.04 Å². The summed E-state index contributed by atoms with van der Waals surface area (Å²) in [6, 6.07) is 26.3. The fourth-order valence-electron chi connectivity index (χ4n) is 7.06. The number of rotatable bonds is 5. The number of hydrogen-bond acceptors (Lipinski definition) is 2. The van der Waals surface area contributed by atoms with Gasteiger partial charge in [-0.15, -0.1) is 0 Å². The van der Waals surface area contributed by atoms with Crippen molar-refractivity contribution >= 4 is 11.6 Å². The molecule has 4 heteroatoms. The van der Waals surface area contributed by atoms with Crippen molar-refractivity contribution in [2.75, 3.05) is 34.3 Å². The van der Waals surface area contributed by atoms with E-state index in [-0.39, 0.29) is 14.9 Å². The second kappa shape index (κ2) is 12.9. The highest BCUT2D eigenvalue weighted by molar-refractivity contribution is 6.32. The van der Waals surface area contributed by atoms with Gasteiger partial charge in [0.25, 0.3) is 0 Å². The van der Waals surface area contributed by atoms with Crippen molar-refractivity contribution in [2.24, 2.45) is 0 Å². The van der Waals surface area contributed by atoms with Gasteiger partial charge in [-0.2, -0.15) is 0 Å². The SMILES string of the molecule is C.C.CCN(C)C1CCc2ccccc2C1c1ccc(Cl)c(OC)c1.CC[N+]1(C)C2CCc3ccccc3C21. The number of aryl methyl sites for hydroxylation is 2. The molecule has 0 saturated carbocycles. The van der Waals surface area contributed by atoms with E-state index in [1.54, 1.807) is 18.2 Å². The molecule has 0 amide bonds. The summed E-state index contributed by atoms with van der Waals surface area (Å²) >= 11 is 6.23. The predicted octanol–water partition coefficient (Wildman–Crippen LogP) is 8.54. The number of likely N-dealkylation sites (N-methyl/N-ethyl adjacent to an activating group) is 2. The van der Waals surface area contributed by atoms with Gasteiger partial charge in [-0.25, -0.2) is 0 Å². The van der Waals surface area contributed by atoms with E-state index in [9.17, 15) is 0 Å². The summed E-state index contributed by atoms with van der Waals surface area (Å²) in [5.41, 5.74) is 7.42. The lowest BCUT2D eigenvalue weighted by Crippen LogP contribution is -2.40. The van der Waals surface area contributed by atoms with Gasteiger partial charge < -0.3 is 14.1 Å². The maximum absolute atomic E-state index is 6.23. The lowest BCUT2D eigenvalue weighted by Gasteiger charge is -2.39. The first-order valence-corrected chi connectivity index (χ1v) is 14.3. The molecule has 1 fully saturated rings. The molecule has 0 N–H and O–H groups in total. The van der Waals surface area contributed by atoms with Crippen LogP contribution in [0.25, 0.3) is 0 Å². The van der Waals surface area contributed by atoms with E-state index >= 15 is 0 Å². The Morgan fingerprint density at radius 2 is 1.51 bits per heavy atom. The van der Waals surface area contributed by atoms with Crippen LogP contribution in [0.4, 0.5) is 0 Å². The van der Waals surface area contributed by atoms with Crippen molar-refractivity contribution in [3.05, 3.63) is 99.6 Å². The fourth-order valence-corrected chi connectivity index (χ4v) is 7.26. The van der Waals surface area contributed by atoms with Crippen LogP contribution >= 0.6 is 11.6 Å². The molecule has 212 valence electrons. The summed E-state index contributed by atoms with van der Waals surface area (Å²) in [4.78, 5) is 2.46. The third-order valence-electron chi connectivity index (χ3n) is 9.52. The van der Waals surface area contributed by atoms with Crippen LogP contribution in [0.5, 0.6) is 5.75 Å². The molecule has 1 saturated heterocycles. The van der Waals surface area contributed by atoms with E-state index in [0.717, 1.165) is 30.8 Å². The number of quaternary nitrogens is 1. The molecule has 0 spiro atoms. The number of fused-ring (bicyclic) bond motifs is 4. The summed E-state index contributed by atoms with van der Waals surface area (Å²) in [6.45, 7) is 6.87. The lowest BCUT2D eigenvalue weighted by molar-refractivity contribution is -0.806. The van der Waals surface area contributed by atoms with Crippen molar-refractivity contribution < 1.29 is 9.22 Å². The Labute approximate surface area is 243 Å². The molecule has 0 radical (unpaired) electrons. The van der Waals surface area contributed by atoms with Crippen LogP contribution < -0.4 is 4.74 Å². The van der Waals surface area contributed by atoms with Gasteiger partial charge >= 0.3 is 0 Å². The molecule has 3 aromatic rings. The first kappa shape index (κ1) is 31.2. The van der Waals surface area contributed by atoms with Gasteiger partial charge in [-0.3, -0.25) is 0 Å².